The molecule has 4 nitrogen and oxygen atoms in total. The largest absolute Gasteiger partial charge is 0.393 e. The summed E-state index contributed by atoms with van der Waals surface area (Å²) in [5, 5.41) is 22.1. The second-order valence-electron chi connectivity index (χ2n) is 13.2. The van der Waals surface area contributed by atoms with E-state index in [0.29, 0.717) is 53.8 Å². The number of fused-ring (bicyclic) bond motifs is 8. The van der Waals surface area contributed by atoms with Crippen LogP contribution in [0.3, 0.4) is 0 Å². The lowest BCUT2D eigenvalue weighted by atomic mass is 9.51. The number of hydrogen-bond acceptors (Lipinski definition) is 4. The summed E-state index contributed by atoms with van der Waals surface area (Å²) in [5.41, 5.74) is -0.482. The predicted molar refractivity (Wildman–Crippen MR) is 120 cm³/mol. The second-order valence-corrected chi connectivity index (χ2v) is 13.2. The molecule has 6 rings (SSSR count). The van der Waals surface area contributed by atoms with E-state index >= 15 is 0 Å². The molecule has 0 radical (unpaired) electrons. The first-order valence-corrected chi connectivity index (χ1v) is 13.4. The van der Waals surface area contributed by atoms with Gasteiger partial charge >= 0.3 is 0 Å². The number of rotatable bonds is 0. The quantitative estimate of drug-likeness (QED) is 0.613. The third-order valence-electron chi connectivity index (χ3n) is 11.8. The Morgan fingerprint density at radius 2 is 1.71 bits per heavy atom. The van der Waals surface area contributed by atoms with E-state index in [9.17, 15) is 15.0 Å². The van der Waals surface area contributed by atoms with Crippen molar-refractivity contribution in [2.24, 2.45) is 52.8 Å². The summed E-state index contributed by atoms with van der Waals surface area (Å²) in [6.45, 7) is 9.23. The maximum absolute atomic E-state index is 13.2. The van der Waals surface area contributed by atoms with Crippen molar-refractivity contribution in [1.82, 2.24) is 4.90 Å². The summed E-state index contributed by atoms with van der Waals surface area (Å²) in [7, 11) is 0. The molecule has 6 aliphatic rings. The van der Waals surface area contributed by atoms with E-state index in [1.807, 2.05) is 0 Å². The number of aliphatic hydroxyl groups is 2. The lowest BCUT2D eigenvalue weighted by Gasteiger charge is -2.59. The summed E-state index contributed by atoms with van der Waals surface area (Å²) < 4.78 is 0. The van der Waals surface area contributed by atoms with E-state index in [-0.39, 0.29) is 17.4 Å². The van der Waals surface area contributed by atoms with Crippen molar-refractivity contribution in [3.05, 3.63) is 0 Å². The van der Waals surface area contributed by atoms with Crippen LogP contribution in [0.4, 0.5) is 0 Å². The zero-order valence-electron chi connectivity index (χ0n) is 19.8. The summed E-state index contributed by atoms with van der Waals surface area (Å²) in [6, 6.07) is 0.341. The third-order valence-corrected chi connectivity index (χ3v) is 11.8. The molecule has 0 aromatic heterocycles. The van der Waals surface area contributed by atoms with E-state index in [0.717, 1.165) is 44.6 Å². The topological polar surface area (TPSA) is 60.8 Å². The van der Waals surface area contributed by atoms with E-state index in [1.165, 1.54) is 25.8 Å². The van der Waals surface area contributed by atoms with Crippen LogP contribution < -0.4 is 0 Å². The average molecular weight is 430 g/mol. The molecule has 31 heavy (non-hydrogen) atoms. The van der Waals surface area contributed by atoms with Gasteiger partial charge in [-0.2, -0.15) is 0 Å². The van der Waals surface area contributed by atoms with E-state index < -0.39 is 5.60 Å². The molecule has 4 aliphatic carbocycles. The van der Waals surface area contributed by atoms with Crippen LogP contribution in [0.25, 0.3) is 0 Å². The van der Waals surface area contributed by atoms with Gasteiger partial charge in [0.15, 0.2) is 0 Å². The number of hydrogen-bond donors (Lipinski definition) is 2. The molecule has 174 valence electrons. The standard InChI is InChI=1S/C27H43NO3/c1-15-4-7-25-27(3,31)21-6-5-17-18(20(21)14-28(25)13-15)11-22-19(17)12-24(30)23-10-16(29)8-9-26(22,23)2/h15-23,25,29,31H,4-14H2,1-3H3/t15-,16-,17+,18+,19-,20+,21-,22+,23+,25-,26+,27-/m0/s1. The van der Waals surface area contributed by atoms with Crippen molar-refractivity contribution in [1.29, 1.82) is 0 Å². The van der Waals surface area contributed by atoms with Gasteiger partial charge in [0.05, 0.1) is 11.7 Å². The average Bonchev–Trinajstić information content (AvgIpc) is 3.09. The van der Waals surface area contributed by atoms with Crippen molar-refractivity contribution in [2.45, 2.75) is 96.3 Å². The van der Waals surface area contributed by atoms with Crippen LogP contribution in [0.5, 0.6) is 0 Å². The van der Waals surface area contributed by atoms with Gasteiger partial charge in [0.25, 0.3) is 0 Å². The number of carbonyl (C=O) groups is 1. The number of Topliss-reactive ketones (excluding diaryl/α,β-unsaturated/α-hetero) is 1. The lowest BCUT2D eigenvalue weighted by Crippen LogP contribution is -2.67. The van der Waals surface area contributed by atoms with E-state index in [4.69, 9.17) is 0 Å². The molecule has 4 saturated carbocycles. The van der Waals surface area contributed by atoms with E-state index in [1.54, 1.807) is 0 Å². The van der Waals surface area contributed by atoms with Crippen molar-refractivity contribution in [2.75, 3.05) is 13.1 Å². The predicted octanol–water partition coefficient (Wildman–Crippen LogP) is 3.89. The highest BCUT2D eigenvalue weighted by molar-refractivity contribution is 5.83. The van der Waals surface area contributed by atoms with Crippen molar-refractivity contribution in [3.8, 4) is 0 Å². The zero-order valence-corrected chi connectivity index (χ0v) is 19.8. The molecule has 0 aromatic rings. The summed E-state index contributed by atoms with van der Waals surface area (Å²) in [5.74, 6) is 4.82. The number of nitrogens with zero attached hydrogens (tertiary/aromatic N) is 1. The van der Waals surface area contributed by atoms with Gasteiger partial charge in [0.2, 0.25) is 0 Å². The Balaban J connectivity index is 1.31. The fraction of sp³-hybridized carbons (Fsp3) is 0.963. The van der Waals surface area contributed by atoms with Crippen LogP contribution in [0.1, 0.15) is 78.6 Å². The molecular formula is C27H43NO3. The fourth-order valence-electron chi connectivity index (χ4n) is 10.4. The van der Waals surface area contributed by atoms with Crippen LogP contribution in [0, 0.1) is 52.8 Å². The number of aliphatic hydroxyl groups excluding tert-OH is 1. The van der Waals surface area contributed by atoms with Crippen molar-refractivity contribution in [3.63, 3.8) is 0 Å². The molecule has 2 saturated heterocycles. The van der Waals surface area contributed by atoms with Gasteiger partial charge in [-0.3, -0.25) is 9.69 Å². The van der Waals surface area contributed by atoms with Crippen LogP contribution in [0.15, 0.2) is 0 Å². The molecule has 2 aliphatic heterocycles. The van der Waals surface area contributed by atoms with Gasteiger partial charge in [-0.15, -0.1) is 0 Å². The van der Waals surface area contributed by atoms with Crippen LogP contribution in [-0.4, -0.2) is 51.7 Å². The third kappa shape index (κ3) is 2.93. The summed E-state index contributed by atoms with van der Waals surface area (Å²) in [6.07, 6.45) is 9.08. The molecule has 0 aromatic carbocycles. The Morgan fingerprint density at radius 1 is 0.903 bits per heavy atom. The van der Waals surface area contributed by atoms with Gasteiger partial charge in [-0.25, -0.2) is 0 Å². The van der Waals surface area contributed by atoms with Gasteiger partial charge in [-0.1, -0.05) is 13.8 Å². The first kappa shape index (κ1) is 21.1. The monoisotopic (exact) mass is 429 g/mol. The smallest absolute Gasteiger partial charge is 0.136 e. The van der Waals surface area contributed by atoms with Gasteiger partial charge in [0.1, 0.15) is 5.78 Å². The summed E-state index contributed by atoms with van der Waals surface area (Å²) >= 11 is 0. The molecule has 6 fully saturated rings. The normalized spacial score (nSPS) is 59.2. The lowest BCUT2D eigenvalue weighted by molar-refractivity contribution is -0.175. The SMILES string of the molecule is C[C@H]1CC[C@@H]2N(C1)C[C@@H]1[C@@H]3C[C@@H]4[C@@H](CC(=O)[C@H]5C[C@@H](O)CC[C@@]54C)[C@@H]3CC[C@@H]1[C@]2(C)O. The Hall–Kier alpha value is -0.450. The highest BCUT2D eigenvalue weighted by atomic mass is 16.3. The molecule has 0 unspecified atom stereocenters. The molecule has 2 heterocycles. The molecule has 2 N–H and O–H groups in total. The number of piperidine rings is 2. The van der Waals surface area contributed by atoms with Crippen LogP contribution in [-0.2, 0) is 4.79 Å². The molecular weight excluding hydrogens is 386 g/mol. The van der Waals surface area contributed by atoms with Crippen LogP contribution in [0.2, 0.25) is 0 Å². The van der Waals surface area contributed by atoms with Crippen molar-refractivity contribution >= 4 is 5.78 Å². The number of carbonyl (C=O) groups excluding carboxylic acids is 1. The minimum absolute atomic E-state index is 0.0789. The molecule has 0 amide bonds. The highest BCUT2D eigenvalue weighted by Gasteiger charge is 2.64. The first-order chi connectivity index (χ1) is 14.7. The molecule has 0 bridgehead atoms. The van der Waals surface area contributed by atoms with E-state index in [2.05, 4.69) is 25.7 Å². The second kappa shape index (κ2) is 7.03. The Morgan fingerprint density at radius 3 is 2.52 bits per heavy atom. The molecule has 4 heteroatoms. The zero-order chi connectivity index (χ0) is 21.7. The summed E-state index contributed by atoms with van der Waals surface area (Å²) in [4.78, 5) is 15.9. The Labute approximate surface area is 188 Å². The minimum Gasteiger partial charge on any atom is -0.393 e. The first-order valence-electron chi connectivity index (χ1n) is 13.4. The maximum atomic E-state index is 13.2. The molecule has 0 spiro atoms. The Bertz CT molecular complexity index is 751. The number of ketones is 1. The van der Waals surface area contributed by atoms with Crippen molar-refractivity contribution < 1.29 is 15.0 Å². The van der Waals surface area contributed by atoms with Crippen LogP contribution >= 0.6 is 0 Å². The highest BCUT2D eigenvalue weighted by Crippen LogP contribution is 2.66. The minimum atomic E-state index is -0.570. The van der Waals surface area contributed by atoms with Gasteiger partial charge in [0, 0.05) is 31.5 Å². The van der Waals surface area contributed by atoms with Gasteiger partial charge < -0.3 is 10.2 Å². The maximum Gasteiger partial charge on any atom is 0.136 e. The Kier molecular flexibility index (Phi) is 4.78. The molecule has 12 atom stereocenters. The fourth-order valence-corrected chi connectivity index (χ4v) is 10.4. The van der Waals surface area contributed by atoms with Gasteiger partial charge in [-0.05, 0) is 105 Å².